The second-order valence-electron chi connectivity index (χ2n) is 1.85. The van der Waals surface area contributed by atoms with Gasteiger partial charge in [0.2, 0.25) is 0 Å². The quantitative estimate of drug-likeness (QED) is 0.462. The Morgan fingerprint density at radius 1 is 1.73 bits per heavy atom. The van der Waals surface area contributed by atoms with Crippen LogP contribution in [0.4, 0.5) is 0 Å². The summed E-state index contributed by atoms with van der Waals surface area (Å²) in [4.78, 5) is 18.7. The number of nitrogens with two attached hydrogens (primary N) is 1. The molecule has 0 aromatic heterocycles. The Balaban J connectivity index is 0. The fourth-order valence-corrected chi connectivity index (χ4v) is 0.139. The molecule has 0 aromatic rings. The molecular weight excluding hydrogens is 150 g/mol. The molecule has 0 heterocycles. The Bertz CT molecular complexity index is 113. The molecule has 0 spiro atoms. The van der Waals surface area contributed by atoms with Crippen LogP contribution in [0.5, 0.6) is 0 Å². The van der Waals surface area contributed by atoms with Gasteiger partial charge in [-0.3, -0.25) is 4.79 Å². The fraction of sp³-hybridized carbons (Fsp3) is 0.667. The monoisotopic (exact) mass is 163 g/mol. The summed E-state index contributed by atoms with van der Waals surface area (Å²) in [6.45, 7) is 1.30. The Kier molecular flexibility index (Phi) is 10.5. The van der Waals surface area contributed by atoms with Gasteiger partial charge >= 0.3 is 5.97 Å². The van der Waals surface area contributed by atoms with Crippen LogP contribution in [0.2, 0.25) is 0 Å². The first-order chi connectivity index (χ1) is 5.04. The average molecular weight is 163 g/mol. The predicted molar refractivity (Wildman–Crippen MR) is 39.1 cm³/mol. The number of carbonyl (C=O) groups excluding carboxylic acids is 1. The van der Waals surface area contributed by atoms with E-state index >= 15 is 0 Å². The number of aliphatic hydroxyl groups is 1. The highest BCUT2D eigenvalue weighted by Gasteiger charge is 1.87. The smallest absolute Gasteiger partial charge is 0.317 e. The number of rotatable bonds is 3. The van der Waals surface area contributed by atoms with E-state index in [9.17, 15) is 9.59 Å². The molecule has 0 aliphatic heterocycles. The normalized spacial score (nSPS) is 10.8. The Morgan fingerprint density at radius 3 is 2.09 bits per heavy atom. The summed E-state index contributed by atoms with van der Waals surface area (Å²) < 4.78 is 0. The van der Waals surface area contributed by atoms with Gasteiger partial charge in [0.1, 0.15) is 6.29 Å². The van der Waals surface area contributed by atoms with Crippen molar-refractivity contribution in [3.8, 4) is 0 Å². The van der Waals surface area contributed by atoms with E-state index < -0.39 is 12.1 Å². The van der Waals surface area contributed by atoms with Crippen LogP contribution >= 0.6 is 0 Å². The van der Waals surface area contributed by atoms with Crippen molar-refractivity contribution in [2.24, 2.45) is 5.73 Å². The molecule has 4 N–H and O–H groups in total. The highest BCUT2D eigenvalue weighted by atomic mass is 16.4. The van der Waals surface area contributed by atoms with Crippen LogP contribution in [0, 0.1) is 0 Å². The van der Waals surface area contributed by atoms with Gasteiger partial charge in [-0.1, -0.05) is 0 Å². The summed E-state index contributed by atoms with van der Waals surface area (Å²) in [6, 6.07) is 0. The zero-order valence-corrected chi connectivity index (χ0v) is 6.36. The third-order valence-electron chi connectivity index (χ3n) is 0.612. The van der Waals surface area contributed by atoms with Crippen LogP contribution in [-0.2, 0) is 9.59 Å². The first kappa shape index (κ1) is 12.7. The molecule has 5 nitrogen and oxygen atoms in total. The Morgan fingerprint density at radius 2 is 2.09 bits per heavy atom. The lowest BCUT2D eigenvalue weighted by atomic mass is 10.3. The highest BCUT2D eigenvalue weighted by Crippen LogP contribution is 1.80. The molecule has 5 heteroatoms. The molecule has 1 unspecified atom stereocenters. The van der Waals surface area contributed by atoms with Crippen molar-refractivity contribution in [1.29, 1.82) is 0 Å². The summed E-state index contributed by atoms with van der Waals surface area (Å²) in [5.74, 6) is -0.968. The van der Waals surface area contributed by atoms with Crippen molar-refractivity contribution in [3.05, 3.63) is 0 Å². The number of hydrogen-bond donors (Lipinski definition) is 3. The predicted octanol–water partition coefficient (Wildman–Crippen LogP) is -1.01. The van der Waals surface area contributed by atoms with Crippen molar-refractivity contribution < 1.29 is 19.8 Å². The van der Waals surface area contributed by atoms with E-state index in [1.807, 2.05) is 0 Å². The van der Waals surface area contributed by atoms with Crippen LogP contribution in [-0.4, -0.2) is 35.1 Å². The Hall–Kier alpha value is -0.940. The van der Waals surface area contributed by atoms with Crippen molar-refractivity contribution in [1.82, 2.24) is 0 Å². The Labute approximate surface area is 64.8 Å². The third-order valence-corrected chi connectivity index (χ3v) is 0.612. The largest absolute Gasteiger partial charge is 0.480 e. The first-order valence-electron chi connectivity index (χ1n) is 3.08. The molecule has 0 fully saturated rings. The van der Waals surface area contributed by atoms with E-state index in [0.29, 0.717) is 6.29 Å². The van der Waals surface area contributed by atoms with E-state index in [1.165, 1.54) is 0 Å². The second kappa shape index (κ2) is 9.06. The third kappa shape index (κ3) is 27.4. The van der Waals surface area contributed by atoms with Gasteiger partial charge in [-0.15, -0.1) is 0 Å². The number of aldehydes is 1. The maximum atomic E-state index is 9.46. The lowest BCUT2D eigenvalue weighted by Gasteiger charge is -1.89. The SMILES string of the molecule is CC(O)CC=O.NCC(=O)O. The van der Waals surface area contributed by atoms with E-state index in [1.54, 1.807) is 6.92 Å². The van der Waals surface area contributed by atoms with Gasteiger partial charge in [0, 0.05) is 6.42 Å². The summed E-state index contributed by atoms with van der Waals surface area (Å²) in [6.07, 6.45) is 0.479. The number of carbonyl (C=O) groups is 2. The second-order valence-corrected chi connectivity index (χ2v) is 1.85. The fourth-order valence-electron chi connectivity index (χ4n) is 0.139. The first-order valence-corrected chi connectivity index (χ1v) is 3.08. The molecule has 0 amide bonds. The molecule has 0 rings (SSSR count). The molecule has 0 bridgehead atoms. The maximum absolute atomic E-state index is 9.46. The van der Waals surface area contributed by atoms with Crippen LogP contribution < -0.4 is 5.73 Å². The van der Waals surface area contributed by atoms with Gasteiger partial charge in [-0.25, -0.2) is 0 Å². The van der Waals surface area contributed by atoms with Crippen molar-refractivity contribution in [3.63, 3.8) is 0 Å². The molecule has 66 valence electrons. The van der Waals surface area contributed by atoms with Gasteiger partial charge in [-0.2, -0.15) is 0 Å². The summed E-state index contributed by atoms with van der Waals surface area (Å²) >= 11 is 0. The van der Waals surface area contributed by atoms with Crippen LogP contribution in [0.3, 0.4) is 0 Å². The highest BCUT2D eigenvalue weighted by molar-refractivity contribution is 5.68. The van der Waals surface area contributed by atoms with Crippen LogP contribution in [0.1, 0.15) is 13.3 Å². The minimum absolute atomic E-state index is 0.250. The zero-order chi connectivity index (χ0) is 9.28. The van der Waals surface area contributed by atoms with Crippen molar-refractivity contribution in [2.75, 3.05) is 6.54 Å². The van der Waals surface area contributed by atoms with E-state index in [-0.39, 0.29) is 13.0 Å². The molecule has 0 aliphatic rings. The minimum Gasteiger partial charge on any atom is -0.480 e. The van der Waals surface area contributed by atoms with E-state index in [4.69, 9.17) is 10.2 Å². The summed E-state index contributed by atoms with van der Waals surface area (Å²) in [7, 11) is 0. The summed E-state index contributed by atoms with van der Waals surface area (Å²) in [5, 5.41) is 15.9. The zero-order valence-electron chi connectivity index (χ0n) is 6.36. The number of aliphatic hydroxyl groups excluding tert-OH is 1. The average Bonchev–Trinajstić information content (AvgIpc) is 1.89. The molecular formula is C6H13NO4. The van der Waals surface area contributed by atoms with E-state index in [2.05, 4.69) is 5.73 Å². The van der Waals surface area contributed by atoms with Gasteiger partial charge in [-0.05, 0) is 6.92 Å². The van der Waals surface area contributed by atoms with Crippen molar-refractivity contribution >= 4 is 12.3 Å². The molecule has 11 heavy (non-hydrogen) atoms. The number of hydrogen-bond acceptors (Lipinski definition) is 4. The van der Waals surface area contributed by atoms with Crippen LogP contribution in [0.15, 0.2) is 0 Å². The molecule has 0 saturated carbocycles. The van der Waals surface area contributed by atoms with E-state index in [0.717, 1.165) is 0 Å². The van der Waals surface area contributed by atoms with Crippen molar-refractivity contribution in [2.45, 2.75) is 19.4 Å². The topological polar surface area (TPSA) is 101 Å². The number of aliphatic carboxylic acids is 1. The lowest BCUT2D eigenvalue weighted by Crippen LogP contribution is -2.10. The van der Waals surface area contributed by atoms with Gasteiger partial charge in [0.05, 0.1) is 12.6 Å². The van der Waals surface area contributed by atoms with Gasteiger partial charge < -0.3 is 20.7 Å². The van der Waals surface area contributed by atoms with Crippen LogP contribution in [0.25, 0.3) is 0 Å². The molecule has 0 aromatic carbocycles. The van der Waals surface area contributed by atoms with Gasteiger partial charge in [0.15, 0.2) is 0 Å². The number of carboxylic acids is 1. The lowest BCUT2D eigenvalue weighted by molar-refractivity contribution is -0.135. The molecule has 0 radical (unpaired) electrons. The molecule has 1 atom stereocenters. The summed E-state index contributed by atoms with van der Waals surface area (Å²) in [5.41, 5.74) is 4.57. The maximum Gasteiger partial charge on any atom is 0.317 e. The molecule has 0 saturated heterocycles. The minimum atomic E-state index is -0.968. The number of carboxylic acid groups (broad SMARTS) is 1. The standard InChI is InChI=1S/C4H8O2.C2H5NO2/c1-4(6)2-3-5;3-1-2(4)5/h3-4,6H,2H2,1H3;1,3H2,(H,4,5). The molecule has 0 aliphatic carbocycles. The van der Waals surface area contributed by atoms with Gasteiger partial charge in [0.25, 0.3) is 0 Å².